The summed E-state index contributed by atoms with van der Waals surface area (Å²) in [5, 5.41) is 0.404. The lowest BCUT2D eigenvalue weighted by Crippen LogP contribution is -2.15. The van der Waals surface area contributed by atoms with Gasteiger partial charge in [-0.15, -0.1) is 0 Å². The molecule has 0 aliphatic heterocycles. The molecule has 1 unspecified atom stereocenters. The second-order valence-electron chi connectivity index (χ2n) is 4.21. The molecule has 2 rings (SSSR count). The Hall–Kier alpha value is -0.970. The zero-order valence-electron chi connectivity index (χ0n) is 9.84. The highest BCUT2D eigenvalue weighted by molar-refractivity contribution is 9.10. The quantitative estimate of drug-likeness (QED) is 0.862. The number of rotatable bonds is 3. The van der Waals surface area contributed by atoms with E-state index in [2.05, 4.69) is 15.9 Å². The Balaban J connectivity index is 2.27. The summed E-state index contributed by atoms with van der Waals surface area (Å²) in [6.07, 6.45) is 0.197. The average molecular weight is 347 g/mol. The summed E-state index contributed by atoms with van der Waals surface area (Å²) >= 11 is 9.08. The lowest BCUT2D eigenvalue weighted by atomic mass is 9.99. The van der Waals surface area contributed by atoms with Gasteiger partial charge in [0.05, 0.1) is 0 Å². The maximum absolute atomic E-state index is 13.7. The molecule has 100 valence electrons. The van der Waals surface area contributed by atoms with Crippen molar-refractivity contribution in [2.45, 2.75) is 12.5 Å². The third kappa shape index (κ3) is 3.53. The first-order chi connectivity index (χ1) is 8.97. The van der Waals surface area contributed by atoms with Crippen LogP contribution in [-0.4, -0.2) is 0 Å². The first-order valence-corrected chi connectivity index (χ1v) is 6.79. The molecule has 0 fully saturated rings. The van der Waals surface area contributed by atoms with Crippen LogP contribution >= 0.6 is 27.5 Å². The molecule has 19 heavy (non-hydrogen) atoms. The van der Waals surface area contributed by atoms with Crippen LogP contribution in [-0.2, 0) is 6.42 Å². The van der Waals surface area contributed by atoms with Gasteiger partial charge in [-0.3, -0.25) is 0 Å². The van der Waals surface area contributed by atoms with Crippen LogP contribution in [0.1, 0.15) is 17.2 Å². The molecule has 5 heteroatoms. The van der Waals surface area contributed by atoms with Crippen LogP contribution in [0.2, 0.25) is 5.02 Å². The maximum atomic E-state index is 13.7. The molecule has 0 heterocycles. The van der Waals surface area contributed by atoms with Gasteiger partial charge in [-0.1, -0.05) is 27.5 Å². The molecule has 2 N–H and O–H groups in total. The van der Waals surface area contributed by atoms with Crippen LogP contribution in [0.4, 0.5) is 8.78 Å². The van der Waals surface area contributed by atoms with Crippen LogP contribution in [0.25, 0.3) is 0 Å². The molecule has 0 saturated heterocycles. The summed E-state index contributed by atoms with van der Waals surface area (Å²) in [6, 6.07) is 8.11. The summed E-state index contributed by atoms with van der Waals surface area (Å²) < 4.78 is 28.0. The van der Waals surface area contributed by atoms with Crippen molar-refractivity contribution in [3.05, 3.63) is 68.7 Å². The molecular formula is C14H11BrClF2N. The number of halogens is 4. The van der Waals surface area contributed by atoms with Crippen molar-refractivity contribution in [2.75, 3.05) is 0 Å². The van der Waals surface area contributed by atoms with Gasteiger partial charge in [0.15, 0.2) is 0 Å². The predicted molar refractivity (Wildman–Crippen MR) is 76.1 cm³/mol. The second-order valence-corrected chi connectivity index (χ2v) is 5.56. The third-order valence-corrected chi connectivity index (χ3v) is 3.53. The number of hydrogen-bond acceptors (Lipinski definition) is 1. The summed E-state index contributed by atoms with van der Waals surface area (Å²) in [5.41, 5.74) is 6.65. The Bertz CT molecular complexity index is 604. The van der Waals surface area contributed by atoms with E-state index in [4.69, 9.17) is 17.3 Å². The Kier molecular flexibility index (Phi) is 4.55. The van der Waals surface area contributed by atoms with Crippen molar-refractivity contribution in [3.63, 3.8) is 0 Å². The van der Waals surface area contributed by atoms with Gasteiger partial charge in [-0.05, 0) is 48.4 Å². The molecular weight excluding hydrogens is 336 g/mol. The van der Waals surface area contributed by atoms with Gasteiger partial charge in [0.2, 0.25) is 0 Å². The van der Waals surface area contributed by atoms with Crippen molar-refractivity contribution >= 4 is 27.5 Å². The van der Waals surface area contributed by atoms with E-state index in [1.54, 1.807) is 12.1 Å². The van der Waals surface area contributed by atoms with Gasteiger partial charge >= 0.3 is 0 Å². The van der Waals surface area contributed by atoms with Gasteiger partial charge in [-0.25, -0.2) is 8.78 Å². The summed E-state index contributed by atoms with van der Waals surface area (Å²) in [6.45, 7) is 0. The molecule has 0 saturated carbocycles. The van der Waals surface area contributed by atoms with Crippen LogP contribution in [0.3, 0.4) is 0 Å². The minimum Gasteiger partial charge on any atom is -0.324 e. The molecule has 1 atom stereocenters. The topological polar surface area (TPSA) is 26.0 Å². The fourth-order valence-electron chi connectivity index (χ4n) is 1.85. The van der Waals surface area contributed by atoms with E-state index in [-0.39, 0.29) is 17.8 Å². The van der Waals surface area contributed by atoms with Crippen LogP contribution in [0, 0.1) is 11.6 Å². The highest BCUT2D eigenvalue weighted by Crippen LogP contribution is 2.25. The first kappa shape index (κ1) is 14.4. The van der Waals surface area contributed by atoms with Gasteiger partial charge < -0.3 is 5.73 Å². The van der Waals surface area contributed by atoms with Crippen molar-refractivity contribution in [1.29, 1.82) is 0 Å². The van der Waals surface area contributed by atoms with Crippen molar-refractivity contribution in [3.8, 4) is 0 Å². The van der Waals surface area contributed by atoms with E-state index in [0.717, 1.165) is 4.47 Å². The molecule has 0 spiro atoms. The van der Waals surface area contributed by atoms with E-state index in [1.165, 1.54) is 24.3 Å². The third-order valence-electron chi connectivity index (χ3n) is 2.81. The van der Waals surface area contributed by atoms with Crippen molar-refractivity contribution < 1.29 is 8.78 Å². The Labute approximate surface area is 123 Å². The number of benzene rings is 2. The first-order valence-electron chi connectivity index (χ1n) is 5.62. The lowest BCUT2D eigenvalue weighted by molar-refractivity contribution is 0.563. The zero-order valence-corrected chi connectivity index (χ0v) is 12.2. The van der Waals surface area contributed by atoms with Crippen molar-refractivity contribution in [1.82, 2.24) is 0 Å². The molecule has 2 aromatic rings. The predicted octanol–water partition coefficient (Wildman–Crippen LogP) is 4.62. The molecule has 0 bridgehead atoms. The van der Waals surface area contributed by atoms with Crippen LogP contribution < -0.4 is 5.73 Å². The van der Waals surface area contributed by atoms with Crippen LogP contribution in [0.5, 0.6) is 0 Å². The van der Waals surface area contributed by atoms with E-state index in [0.29, 0.717) is 10.6 Å². The highest BCUT2D eigenvalue weighted by atomic mass is 79.9. The molecule has 0 amide bonds. The molecule has 0 radical (unpaired) electrons. The molecule has 2 aromatic carbocycles. The van der Waals surface area contributed by atoms with E-state index in [9.17, 15) is 8.78 Å². The zero-order chi connectivity index (χ0) is 14.0. The number of hydrogen-bond donors (Lipinski definition) is 1. The second kappa shape index (κ2) is 5.99. The number of nitrogens with two attached hydrogens (primary N) is 1. The Morgan fingerprint density at radius 2 is 1.79 bits per heavy atom. The fraction of sp³-hybridized carbons (Fsp3) is 0.143. The monoisotopic (exact) mass is 345 g/mol. The minimum atomic E-state index is -0.650. The SMILES string of the molecule is NC(Cc1cc(Br)ccc1F)c1cc(Cl)ccc1F. The van der Waals surface area contributed by atoms with Gasteiger partial charge in [0, 0.05) is 21.1 Å². The van der Waals surface area contributed by atoms with Crippen molar-refractivity contribution in [2.24, 2.45) is 5.73 Å². The average Bonchev–Trinajstić information content (AvgIpc) is 2.36. The van der Waals surface area contributed by atoms with Gasteiger partial charge in [-0.2, -0.15) is 0 Å². The van der Waals surface area contributed by atoms with Crippen LogP contribution in [0.15, 0.2) is 40.9 Å². The van der Waals surface area contributed by atoms with E-state index >= 15 is 0 Å². The van der Waals surface area contributed by atoms with Gasteiger partial charge in [0.25, 0.3) is 0 Å². The molecule has 1 nitrogen and oxygen atoms in total. The largest absolute Gasteiger partial charge is 0.324 e. The summed E-state index contributed by atoms with van der Waals surface area (Å²) in [7, 11) is 0. The smallest absolute Gasteiger partial charge is 0.128 e. The Morgan fingerprint density at radius 3 is 2.53 bits per heavy atom. The van der Waals surface area contributed by atoms with E-state index < -0.39 is 11.9 Å². The fourth-order valence-corrected chi connectivity index (χ4v) is 2.43. The van der Waals surface area contributed by atoms with Gasteiger partial charge in [0.1, 0.15) is 11.6 Å². The van der Waals surface area contributed by atoms with E-state index in [1.807, 2.05) is 0 Å². The molecule has 0 aromatic heterocycles. The minimum absolute atomic E-state index is 0.197. The maximum Gasteiger partial charge on any atom is 0.128 e. The highest BCUT2D eigenvalue weighted by Gasteiger charge is 2.15. The Morgan fingerprint density at radius 1 is 1.11 bits per heavy atom. The molecule has 0 aliphatic carbocycles. The lowest BCUT2D eigenvalue weighted by Gasteiger charge is -2.14. The molecule has 0 aliphatic rings. The summed E-state index contributed by atoms with van der Waals surface area (Å²) in [5.74, 6) is -0.798. The standard InChI is InChI=1S/C14H11BrClF2N/c15-9-1-3-12(17)8(5-9)6-14(19)11-7-10(16)2-4-13(11)18/h1-5,7,14H,6,19H2. The summed E-state index contributed by atoms with van der Waals surface area (Å²) in [4.78, 5) is 0. The normalized spacial score (nSPS) is 12.5.